The Balaban J connectivity index is 1.63. The van der Waals surface area contributed by atoms with Crippen LogP contribution in [0.4, 0.5) is 5.82 Å². The van der Waals surface area contributed by atoms with Crippen LogP contribution in [-0.2, 0) is 4.79 Å². The second-order valence-electron chi connectivity index (χ2n) is 8.60. The number of rotatable bonds is 7. The second-order valence-corrected chi connectivity index (χ2v) is 9.01. The van der Waals surface area contributed by atoms with E-state index in [2.05, 4.69) is 29.6 Å². The molecule has 1 aromatic carbocycles. The third-order valence-electron chi connectivity index (χ3n) is 6.33. The molecule has 32 heavy (non-hydrogen) atoms. The second kappa shape index (κ2) is 9.86. The molecule has 1 fully saturated rings. The zero-order valence-electron chi connectivity index (χ0n) is 18.9. The minimum atomic E-state index is 0.129. The van der Waals surface area contributed by atoms with Gasteiger partial charge in [-0.1, -0.05) is 44.5 Å². The van der Waals surface area contributed by atoms with Crippen molar-refractivity contribution in [3.8, 4) is 5.69 Å². The highest BCUT2D eigenvalue weighted by Gasteiger charge is 2.24. The summed E-state index contributed by atoms with van der Waals surface area (Å²) in [6.45, 7) is 6.17. The number of carbonyl (C=O) groups excluding carboxylic acids is 1. The van der Waals surface area contributed by atoms with Gasteiger partial charge in [0.1, 0.15) is 11.6 Å². The molecule has 2 aromatic heterocycles. The Labute approximate surface area is 194 Å². The lowest BCUT2D eigenvalue weighted by Crippen LogP contribution is -2.40. The highest BCUT2D eigenvalue weighted by atomic mass is 35.5. The molecule has 0 radical (unpaired) electrons. The summed E-state index contributed by atoms with van der Waals surface area (Å²) >= 11 is 6.45. The van der Waals surface area contributed by atoms with Crippen molar-refractivity contribution >= 4 is 34.4 Å². The van der Waals surface area contributed by atoms with E-state index in [-0.39, 0.29) is 17.9 Å². The number of amides is 1. The average Bonchev–Trinajstić information content (AvgIpc) is 3.24. The van der Waals surface area contributed by atoms with E-state index in [1.54, 1.807) is 4.68 Å². The maximum Gasteiger partial charge on any atom is 0.219 e. The number of para-hydroxylation sites is 1. The summed E-state index contributed by atoms with van der Waals surface area (Å²) in [7, 11) is 0. The van der Waals surface area contributed by atoms with Gasteiger partial charge in [0.25, 0.3) is 0 Å². The van der Waals surface area contributed by atoms with Crippen molar-refractivity contribution in [3.05, 3.63) is 41.3 Å². The van der Waals surface area contributed by atoms with Crippen molar-refractivity contribution in [2.24, 2.45) is 0 Å². The fourth-order valence-corrected chi connectivity index (χ4v) is 4.36. The molecule has 0 spiro atoms. The number of carbonyl (C=O) groups is 1. The van der Waals surface area contributed by atoms with Gasteiger partial charge < -0.3 is 10.6 Å². The van der Waals surface area contributed by atoms with E-state index >= 15 is 0 Å². The average molecular weight is 455 g/mol. The maximum absolute atomic E-state index is 11.7. The van der Waals surface area contributed by atoms with Crippen LogP contribution in [0.15, 0.2) is 30.5 Å². The highest BCUT2D eigenvalue weighted by Crippen LogP contribution is 2.30. The Bertz CT molecular complexity index is 1090. The van der Waals surface area contributed by atoms with E-state index in [4.69, 9.17) is 21.6 Å². The van der Waals surface area contributed by atoms with Crippen molar-refractivity contribution in [2.45, 2.75) is 77.3 Å². The summed E-state index contributed by atoms with van der Waals surface area (Å²) in [6.07, 6.45) is 7.20. The predicted octanol–water partition coefficient (Wildman–Crippen LogP) is 5.23. The van der Waals surface area contributed by atoms with E-state index in [1.807, 2.05) is 37.4 Å². The summed E-state index contributed by atoms with van der Waals surface area (Å²) in [5.74, 6) is 1.99. The number of halogens is 1. The molecule has 1 aliphatic rings. The van der Waals surface area contributed by atoms with Gasteiger partial charge in [0.15, 0.2) is 5.65 Å². The monoisotopic (exact) mass is 454 g/mol. The smallest absolute Gasteiger partial charge is 0.219 e. The molecule has 2 heterocycles. The number of hydrogen-bond acceptors (Lipinski definition) is 5. The fraction of sp³-hybridized carbons (Fsp3) is 0.500. The molecular formula is C24H31ClN6O. The molecule has 1 amide bonds. The topological polar surface area (TPSA) is 84.7 Å². The standard InChI is InChI=1S/C24H31ClN6O/c1-4-15(3)22-29-23(28-17-12-10-16(11-13-17)27-21(32)5-2)18-14-26-31(24(18)30-22)20-9-7-6-8-19(20)25/h6-9,14-17H,4-5,10-13H2,1-3H3,(H,27,32)(H,28,29,30)/t15-,16?,17?/m1/s1. The molecule has 0 unspecified atom stereocenters. The van der Waals surface area contributed by atoms with E-state index in [9.17, 15) is 4.79 Å². The first kappa shape index (κ1) is 22.5. The van der Waals surface area contributed by atoms with Gasteiger partial charge in [0.2, 0.25) is 5.91 Å². The molecular weight excluding hydrogens is 424 g/mol. The maximum atomic E-state index is 11.7. The normalized spacial score (nSPS) is 19.6. The first-order valence-electron chi connectivity index (χ1n) is 11.6. The van der Waals surface area contributed by atoms with E-state index in [0.717, 1.165) is 60.5 Å². The van der Waals surface area contributed by atoms with E-state index in [0.29, 0.717) is 17.5 Å². The van der Waals surface area contributed by atoms with Crippen LogP contribution in [0.3, 0.4) is 0 Å². The van der Waals surface area contributed by atoms with Gasteiger partial charge in [-0.15, -0.1) is 0 Å². The molecule has 4 rings (SSSR count). The number of nitrogens with zero attached hydrogens (tertiary/aromatic N) is 4. The zero-order valence-corrected chi connectivity index (χ0v) is 19.7. The Morgan fingerprint density at radius 3 is 2.56 bits per heavy atom. The number of benzene rings is 1. The van der Waals surface area contributed by atoms with Gasteiger partial charge in [-0.2, -0.15) is 5.10 Å². The molecule has 2 N–H and O–H groups in total. The lowest BCUT2D eigenvalue weighted by Gasteiger charge is -2.30. The summed E-state index contributed by atoms with van der Waals surface area (Å²) in [5, 5.41) is 12.9. The largest absolute Gasteiger partial charge is 0.367 e. The van der Waals surface area contributed by atoms with Gasteiger partial charge >= 0.3 is 0 Å². The Morgan fingerprint density at radius 2 is 1.88 bits per heavy atom. The van der Waals surface area contributed by atoms with Crippen molar-refractivity contribution in [1.29, 1.82) is 0 Å². The third-order valence-corrected chi connectivity index (χ3v) is 6.65. The van der Waals surface area contributed by atoms with Crippen LogP contribution < -0.4 is 10.6 Å². The molecule has 1 saturated carbocycles. The SMILES string of the molecule is CCC(=O)NC1CCC(Nc2nc([C@H](C)CC)nc3c2cnn3-c2ccccc2Cl)CC1. The lowest BCUT2D eigenvalue weighted by molar-refractivity contribution is -0.121. The van der Waals surface area contributed by atoms with Gasteiger partial charge in [0.05, 0.1) is 22.3 Å². The predicted molar refractivity (Wildman–Crippen MR) is 128 cm³/mol. The molecule has 0 bridgehead atoms. The van der Waals surface area contributed by atoms with Crippen molar-refractivity contribution < 1.29 is 4.79 Å². The van der Waals surface area contributed by atoms with Gasteiger partial charge in [-0.05, 0) is 44.2 Å². The molecule has 0 saturated heterocycles. The van der Waals surface area contributed by atoms with E-state index in [1.165, 1.54) is 0 Å². The fourth-order valence-electron chi connectivity index (χ4n) is 4.14. The first-order valence-corrected chi connectivity index (χ1v) is 11.9. The summed E-state index contributed by atoms with van der Waals surface area (Å²) in [5.41, 5.74) is 1.56. The van der Waals surface area contributed by atoms with Crippen LogP contribution in [0, 0.1) is 0 Å². The quantitative estimate of drug-likeness (QED) is 0.510. The van der Waals surface area contributed by atoms with Crippen LogP contribution in [0.5, 0.6) is 0 Å². The number of aromatic nitrogens is 4. The number of anilines is 1. The third kappa shape index (κ3) is 4.72. The number of hydrogen-bond donors (Lipinski definition) is 2. The van der Waals surface area contributed by atoms with Crippen LogP contribution >= 0.6 is 11.6 Å². The molecule has 0 aliphatic heterocycles. The molecule has 8 heteroatoms. The highest BCUT2D eigenvalue weighted by molar-refractivity contribution is 6.32. The molecule has 170 valence electrons. The van der Waals surface area contributed by atoms with Crippen LogP contribution in [-0.4, -0.2) is 37.7 Å². The zero-order chi connectivity index (χ0) is 22.7. The summed E-state index contributed by atoms with van der Waals surface area (Å²) < 4.78 is 1.80. The molecule has 1 atom stereocenters. The van der Waals surface area contributed by atoms with Gasteiger partial charge in [-0.3, -0.25) is 4.79 Å². The van der Waals surface area contributed by atoms with E-state index < -0.39 is 0 Å². The van der Waals surface area contributed by atoms with Crippen LogP contribution in [0.2, 0.25) is 5.02 Å². The first-order chi connectivity index (χ1) is 15.5. The molecule has 3 aromatic rings. The Kier molecular flexibility index (Phi) is 6.94. The van der Waals surface area contributed by atoms with Crippen molar-refractivity contribution in [2.75, 3.05) is 5.32 Å². The molecule has 1 aliphatic carbocycles. The van der Waals surface area contributed by atoms with Gasteiger partial charge in [0, 0.05) is 24.4 Å². The minimum absolute atomic E-state index is 0.129. The van der Waals surface area contributed by atoms with Crippen molar-refractivity contribution in [1.82, 2.24) is 25.1 Å². The summed E-state index contributed by atoms with van der Waals surface area (Å²) in [4.78, 5) is 21.5. The number of nitrogens with one attached hydrogen (secondary N) is 2. The van der Waals surface area contributed by atoms with Gasteiger partial charge in [-0.25, -0.2) is 14.6 Å². The number of fused-ring (bicyclic) bond motifs is 1. The Hall–Kier alpha value is -2.67. The van der Waals surface area contributed by atoms with Crippen molar-refractivity contribution in [3.63, 3.8) is 0 Å². The summed E-state index contributed by atoms with van der Waals surface area (Å²) in [6, 6.07) is 8.22. The lowest BCUT2D eigenvalue weighted by atomic mass is 9.91. The van der Waals surface area contributed by atoms with Crippen LogP contribution in [0.1, 0.15) is 71.0 Å². The minimum Gasteiger partial charge on any atom is -0.367 e. The molecule has 7 nitrogen and oxygen atoms in total. The Morgan fingerprint density at radius 1 is 1.16 bits per heavy atom. The van der Waals surface area contributed by atoms with Crippen LogP contribution in [0.25, 0.3) is 16.7 Å².